The van der Waals surface area contributed by atoms with E-state index in [2.05, 4.69) is 10.1 Å². The normalized spacial score (nSPS) is 11.5. The molecule has 2 aromatic carbocycles. The number of benzene rings is 2. The molecule has 0 saturated carbocycles. The molecule has 0 bridgehead atoms. The maximum absolute atomic E-state index is 5.96. The van der Waals surface area contributed by atoms with Gasteiger partial charge in [0.05, 0.1) is 0 Å². The molecule has 0 amide bonds. The number of hydrogen-bond donors (Lipinski definition) is 1. The van der Waals surface area contributed by atoms with Crippen molar-refractivity contribution in [1.82, 2.24) is 4.98 Å². The number of nitrogens with two attached hydrogens (primary N) is 1. The molecule has 3 rings (SSSR count). The Balaban J connectivity index is 1.56. The second-order valence-electron chi connectivity index (χ2n) is 5.17. The maximum Gasteiger partial charge on any atom is 0.226 e. The van der Waals surface area contributed by atoms with Crippen molar-refractivity contribution in [3.8, 4) is 11.5 Å². The predicted molar refractivity (Wildman–Crippen MR) is 93.5 cm³/mol. The molecule has 0 spiro atoms. The molecule has 0 radical (unpaired) electrons. The summed E-state index contributed by atoms with van der Waals surface area (Å²) in [6.45, 7) is 0.180. The van der Waals surface area contributed by atoms with E-state index in [1.807, 2.05) is 42.5 Å². The van der Waals surface area contributed by atoms with Gasteiger partial charge in [0, 0.05) is 17.0 Å². The summed E-state index contributed by atoms with van der Waals surface area (Å²) in [5.74, 6) is 0.886. The minimum absolute atomic E-state index is 0.180. The van der Waals surface area contributed by atoms with Crippen LogP contribution in [0.1, 0.15) is 11.3 Å². The lowest BCUT2D eigenvalue weighted by Crippen LogP contribution is -2.15. The maximum atomic E-state index is 5.96. The van der Waals surface area contributed by atoms with E-state index in [0.29, 0.717) is 28.9 Å². The molecule has 0 fully saturated rings. The standard InChI is InChI=1S/C18H16ClN3O2/c19-15-8-4-7-14(10-15)18-21-16(11-23-18)12-24-22-17(20)9-13-5-2-1-3-6-13/h1-8,10-11H,9,12H2,(H2,20,22). The minimum Gasteiger partial charge on any atom is -0.444 e. The minimum atomic E-state index is 0.180. The molecule has 5 nitrogen and oxygen atoms in total. The van der Waals surface area contributed by atoms with Gasteiger partial charge in [0.15, 0.2) is 6.61 Å². The van der Waals surface area contributed by atoms with E-state index in [-0.39, 0.29) is 6.61 Å². The van der Waals surface area contributed by atoms with Crippen molar-refractivity contribution in [3.63, 3.8) is 0 Å². The van der Waals surface area contributed by atoms with Crippen LogP contribution in [0.2, 0.25) is 5.02 Å². The van der Waals surface area contributed by atoms with E-state index < -0.39 is 0 Å². The molecule has 3 aromatic rings. The van der Waals surface area contributed by atoms with Gasteiger partial charge >= 0.3 is 0 Å². The SMILES string of the molecule is N/C(Cc1ccccc1)=N\OCc1coc(-c2cccc(Cl)c2)n1. The zero-order chi connectivity index (χ0) is 16.8. The summed E-state index contributed by atoms with van der Waals surface area (Å²) in [5.41, 5.74) is 8.36. The fourth-order valence-electron chi connectivity index (χ4n) is 2.15. The van der Waals surface area contributed by atoms with Crippen molar-refractivity contribution < 1.29 is 9.25 Å². The Kier molecular flexibility index (Phi) is 5.13. The van der Waals surface area contributed by atoms with E-state index >= 15 is 0 Å². The summed E-state index contributed by atoms with van der Waals surface area (Å²) >= 11 is 5.96. The Labute approximate surface area is 144 Å². The zero-order valence-electron chi connectivity index (χ0n) is 12.9. The smallest absolute Gasteiger partial charge is 0.226 e. The van der Waals surface area contributed by atoms with E-state index in [9.17, 15) is 0 Å². The van der Waals surface area contributed by atoms with Crippen LogP contribution in [0.15, 0.2) is 70.4 Å². The van der Waals surface area contributed by atoms with Crippen LogP contribution in [0.3, 0.4) is 0 Å². The summed E-state index contributed by atoms with van der Waals surface area (Å²) in [6, 6.07) is 17.1. The van der Waals surface area contributed by atoms with E-state index in [1.165, 1.54) is 6.26 Å². The van der Waals surface area contributed by atoms with Gasteiger partial charge in [-0.3, -0.25) is 0 Å². The van der Waals surface area contributed by atoms with Crippen LogP contribution < -0.4 is 5.73 Å². The summed E-state index contributed by atoms with van der Waals surface area (Å²) in [4.78, 5) is 9.58. The van der Waals surface area contributed by atoms with Gasteiger partial charge in [0.25, 0.3) is 0 Å². The quantitative estimate of drug-likeness (QED) is 0.417. The molecule has 0 unspecified atom stereocenters. The number of amidine groups is 1. The monoisotopic (exact) mass is 341 g/mol. The molecule has 1 heterocycles. The lowest BCUT2D eigenvalue weighted by Gasteiger charge is -2.01. The topological polar surface area (TPSA) is 73.6 Å². The highest BCUT2D eigenvalue weighted by Gasteiger charge is 2.07. The van der Waals surface area contributed by atoms with Gasteiger partial charge in [0.2, 0.25) is 5.89 Å². The van der Waals surface area contributed by atoms with E-state index in [4.69, 9.17) is 26.6 Å². The Morgan fingerprint density at radius 2 is 2.00 bits per heavy atom. The Bertz CT molecular complexity index is 831. The van der Waals surface area contributed by atoms with Crippen molar-refractivity contribution in [3.05, 3.63) is 77.1 Å². The molecule has 0 atom stereocenters. The molecule has 0 aliphatic carbocycles. The first-order valence-electron chi connectivity index (χ1n) is 7.39. The third kappa shape index (κ3) is 4.36. The molecule has 0 aliphatic heterocycles. The van der Waals surface area contributed by atoms with Crippen LogP contribution in [0.4, 0.5) is 0 Å². The number of oxime groups is 1. The molecule has 0 aliphatic rings. The highest BCUT2D eigenvalue weighted by molar-refractivity contribution is 6.30. The third-order valence-electron chi connectivity index (χ3n) is 3.25. The molecular formula is C18H16ClN3O2. The van der Waals surface area contributed by atoms with Gasteiger partial charge in [0.1, 0.15) is 17.8 Å². The summed E-state index contributed by atoms with van der Waals surface area (Å²) < 4.78 is 5.43. The van der Waals surface area contributed by atoms with E-state index in [1.54, 1.807) is 12.1 Å². The number of aromatic nitrogens is 1. The average Bonchev–Trinajstić information content (AvgIpc) is 3.05. The van der Waals surface area contributed by atoms with Crippen LogP contribution in [0, 0.1) is 0 Å². The van der Waals surface area contributed by atoms with Crippen molar-refractivity contribution in [2.45, 2.75) is 13.0 Å². The molecule has 24 heavy (non-hydrogen) atoms. The number of nitrogens with zero attached hydrogens (tertiary/aromatic N) is 2. The number of halogens is 1. The number of oxazole rings is 1. The Hall–Kier alpha value is -2.79. The molecule has 6 heteroatoms. The first-order valence-corrected chi connectivity index (χ1v) is 7.77. The van der Waals surface area contributed by atoms with Gasteiger partial charge in [-0.15, -0.1) is 0 Å². The third-order valence-corrected chi connectivity index (χ3v) is 3.48. The lowest BCUT2D eigenvalue weighted by atomic mass is 10.1. The lowest BCUT2D eigenvalue weighted by molar-refractivity contribution is 0.127. The van der Waals surface area contributed by atoms with Gasteiger partial charge in [-0.2, -0.15) is 0 Å². The highest BCUT2D eigenvalue weighted by atomic mass is 35.5. The molecule has 122 valence electrons. The summed E-state index contributed by atoms with van der Waals surface area (Å²) in [7, 11) is 0. The summed E-state index contributed by atoms with van der Waals surface area (Å²) in [6.07, 6.45) is 2.06. The van der Waals surface area contributed by atoms with Gasteiger partial charge in [-0.05, 0) is 23.8 Å². The van der Waals surface area contributed by atoms with E-state index in [0.717, 1.165) is 11.1 Å². The molecule has 2 N–H and O–H groups in total. The van der Waals surface area contributed by atoms with Gasteiger partial charge in [-0.25, -0.2) is 4.98 Å². The number of hydrogen-bond acceptors (Lipinski definition) is 4. The van der Waals surface area contributed by atoms with Gasteiger partial charge in [-0.1, -0.05) is 53.2 Å². The zero-order valence-corrected chi connectivity index (χ0v) is 13.6. The largest absolute Gasteiger partial charge is 0.444 e. The van der Waals surface area contributed by atoms with Crippen LogP contribution in [-0.4, -0.2) is 10.8 Å². The van der Waals surface area contributed by atoms with Gasteiger partial charge < -0.3 is 15.0 Å². The summed E-state index contributed by atoms with van der Waals surface area (Å²) in [5, 5.41) is 4.53. The first kappa shape index (κ1) is 16.1. The first-order chi connectivity index (χ1) is 11.7. The predicted octanol–water partition coefficient (Wildman–Crippen LogP) is 4.03. The second-order valence-corrected chi connectivity index (χ2v) is 5.61. The van der Waals surface area contributed by atoms with Crippen molar-refractivity contribution in [2.24, 2.45) is 10.9 Å². The average molecular weight is 342 g/mol. The Morgan fingerprint density at radius 3 is 2.79 bits per heavy atom. The van der Waals surface area contributed by atoms with Crippen LogP contribution >= 0.6 is 11.6 Å². The van der Waals surface area contributed by atoms with Crippen molar-refractivity contribution in [2.75, 3.05) is 0 Å². The second kappa shape index (κ2) is 7.66. The van der Waals surface area contributed by atoms with Crippen LogP contribution in [-0.2, 0) is 17.9 Å². The molecule has 1 aromatic heterocycles. The molecular weight excluding hydrogens is 326 g/mol. The van der Waals surface area contributed by atoms with Crippen LogP contribution in [0.25, 0.3) is 11.5 Å². The molecule has 0 saturated heterocycles. The fourth-order valence-corrected chi connectivity index (χ4v) is 2.34. The van der Waals surface area contributed by atoms with Crippen molar-refractivity contribution in [1.29, 1.82) is 0 Å². The van der Waals surface area contributed by atoms with Crippen molar-refractivity contribution >= 4 is 17.4 Å². The fraction of sp³-hybridized carbons (Fsp3) is 0.111. The number of rotatable bonds is 6. The Morgan fingerprint density at radius 1 is 1.17 bits per heavy atom. The highest BCUT2D eigenvalue weighted by Crippen LogP contribution is 2.22. The van der Waals surface area contributed by atoms with Crippen LogP contribution in [0.5, 0.6) is 0 Å².